The standard InChI is InChI=1S/C21H23F5N6O3/c1-20(22,23)16-13-2-3-14(17(13)30-31-18(16)34)29-15(33)10-35-12-4-6-32(7-5-12)19-27-8-11(9-28-19)21(24,25)26/h8-9,12,14H,2-7,10H2,1H3,(H,29,33)(H,31,34)/t14-/m1/s1. The smallest absolute Gasteiger partial charge is 0.368 e. The van der Waals surface area contributed by atoms with Crippen LogP contribution in [0.4, 0.5) is 27.9 Å². The van der Waals surface area contributed by atoms with E-state index in [0.29, 0.717) is 39.3 Å². The summed E-state index contributed by atoms with van der Waals surface area (Å²) in [5.41, 5.74) is -2.11. The highest BCUT2D eigenvalue weighted by atomic mass is 19.4. The van der Waals surface area contributed by atoms with Crippen molar-refractivity contribution in [2.24, 2.45) is 0 Å². The Morgan fingerprint density at radius 2 is 1.83 bits per heavy atom. The zero-order chi connectivity index (χ0) is 25.4. The summed E-state index contributed by atoms with van der Waals surface area (Å²) in [5, 5.41) is 8.66. The summed E-state index contributed by atoms with van der Waals surface area (Å²) >= 11 is 0. The molecule has 0 radical (unpaired) electrons. The molecule has 1 aliphatic carbocycles. The number of carbonyl (C=O) groups is 1. The van der Waals surface area contributed by atoms with Crippen molar-refractivity contribution in [1.29, 1.82) is 0 Å². The number of aromatic nitrogens is 4. The van der Waals surface area contributed by atoms with Gasteiger partial charge in [-0.2, -0.15) is 18.3 Å². The highest BCUT2D eigenvalue weighted by molar-refractivity contribution is 5.77. The highest BCUT2D eigenvalue weighted by Gasteiger charge is 2.38. The number of anilines is 1. The molecule has 1 aliphatic heterocycles. The summed E-state index contributed by atoms with van der Waals surface area (Å²) in [5.74, 6) is -3.59. The molecule has 0 bridgehead atoms. The Hall–Kier alpha value is -3.16. The second-order valence-electron chi connectivity index (χ2n) is 8.61. The van der Waals surface area contributed by atoms with Crippen molar-refractivity contribution in [1.82, 2.24) is 25.5 Å². The van der Waals surface area contributed by atoms with E-state index in [1.807, 2.05) is 0 Å². The molecule has 0 aromatic carbocycles. The number of fused-ring (bicyclic) bond motifs is 1. The van der Waals surface area contributed by atoms with Gasteiger partial charge in [0.05, 0.1) is 29.0 Å². The number of ether oxygens (including phenoxy) is 1. The van der Waals surface area contributed by atoms with Crippen molar-refractivity contribution in [3.05, 3.63) is 45.1 Å². The van der Waals surface area contributed by atoms with E-state index in [-0.39, 0.29) is 36.3 Å². The molecular weight excluding hydrogens is 479 g/mol. The van der Waals surface area contributed by atoms with Crippen LogP contribution in [0.3, 0.4) is 0 Å². The van der Waals surface area contributed by atoms with Gasteiger partial charge in [0.15, 0.2) is 0 Å². The fraction of sp³-hybridized carbons (Fsp3) is 0.571. The predicted molar refractivity (Wildman–Crippen MR) is 112 cm³/mol. The van der Waals surface area contributed by atoms with Gasteiger partial charge in [-0.3, -0.25) is 9.59 Å². The number of carbonyl (C=O) groups excluding carboxylic acids is 1. The molecule has 4 rings (SSSR count). The van der Waals surface area contributed by atoms with Crippen molar-refractivity contribution in [2.75, 3.05) is 24.6 Å². The number of hydrogen-bond acceptors (Lipinski definition) is 7. The monoisotopic (exact) mass is 502 g/mol. The minimum Gasteiger partial charge on any atom is -0.368 e. The van der Waals surface area contributed by atoms with Gasteiger partial charge in [0, 0.05) is 32.4 Å². The molecule has 2 aromatic rings. The fourth-order valence-electron chi connectivity index (χ4n) is 4.35. The van der Waals surface area contributed by atoms with Crippen LogP contribution in [0, 0.1) is 0 Å². The van der Waals surface area contributed by atoms with E-state index in [1.54, 1.807) is 4.90 Å². The lowest BCUT2D eigenvalue weighted by Gasteiger charge is -2.31. The molecule has 14 heteroatoms. The lowest BCUT2D eigenvalue weighted by Crippen LogP contribution is -2.40. The molecule has 3 heterocycles. The summed E-state index contributed by atoms with van der Waals surface area (Å²) in [4.78, 5) is 33.5. The van der Waals surface area contributed by atoms with Crippen molar-refractivity contribution in [3.63, 3.8) is 0 Å². The number of rotatable bonds is 6. The molecule has 2 aromatic heterocycles. The summed E-state index contributed by atoms with van der Waals surface area (Å²) in [6.07, 6.45) is -1.71. The normalized spacial score (nSPS) is 19.0. The largest absolute Gasteiger partial charge is 0.419 e. The summed E-state index contributed by atoms with van der Waals surface area (Å²) in [7, 11) is 0. The number of aromatic amines is 1. The molecular formula is C21H23F5N6O3. The van der Waals surface area contributed by atoms with Gasteiger partial charge >= 0.3 is 6.18 Å². The third kappa shape index (κ3) is 5.57. The quantitative estimate of drug-likeness (QED) is 0.584. The molecule has 35 heavy (non-hydrogen) atoms. The van der Waals surface area contributed by atoms with Crippen LogP contribution in [0.5, 0.6) is 0 Å². The molecule has 1 amide bonds. The summed E-state index contributed by atoms with van der Waals surface area (Å²) in [6, 6.07) is -0.613. The maximum atomic E-state index is 13.9. The van der Waals surface area contributed by atoms with Crippen LogP contribution >= 0.6 is 0 Å². The Kier molecular flexibility index (Phi) is 6.75. The molecule has 9 nitrogen and oxygen atoms in total. The Labute approximate surface area is 196 Å². The molecule has 0 saturated carbocycles. The number of piperidine rings is 1. The van der Waals surface area contributed by atoms with Crippen LogP contribution in [0.2, 0.25) is 0 Å². The van der Waals surface area contributed by atoms with E-state index in [2.05, 4.69) is 25.5 Å². The third-order valence-corrected chi connectivity index (χ3v) is 6.04. The number of H-pyrrole nitrogens is 1. The average Bonchev–Trinajstić information content (AvgIpc) is 3.18. The first-order chi connectivity index (χ1) is 16.4. The van der Waals surface area contributed by atoms with E-state index < -0.39 is 40.7 Å². The molecule has 1 atom stereocenters. The van der Waals surface area contributed by atoms with Crippen LogP contribution in [-0.2, 0) is 28.1 Å². The van der Waals surface area contributed by atoms with Crippen LogP contribution in [-0.4, -0.2) is 51.9 Å². The van der Waals surface area contributed by atoms with Crippen LogP contribution in [0.25, 0.3) is 0 Å². The number of hydrogen-bond donors (Lipinski definition) is 2. The molecule has 1 fully saturated rings. The SMILES string of the molecule is CC(F)(F)c1c2c(n[nH]c1=O)[C@H](NC(=O)COC1CCN(c3ncc(C(F)(F)F)cn3)CC1)CC2. The maximum absolute atomic E-state index is 13.9. The molecule has 2 aliphatic rings. The van der Waals surface area contributed by atoms with Crippen molar-refractivity contribution in [2.45, 2.75) is 56.9 Å². The first-order valence-electron chi connectivity index (χ1n) is 11.0. The molecule has 2 N–H and O–H groups in total. The minimum atomic E-state index is -4.50. The van der Waals surface area contributed by atoms with Gasteiger partial charge in [-0.15, -0.1) is 0 Å². The van der Waals surface area contributed by atoms with Gasteiger partial charge in [-0.25, -0.2) is 23.8 Å². The Morgan fingerprint density at radius 3 is 2.43 bits per heavy atom. The summed E-state index contributed by atoms with van der Waals surface area (Å²) in [6.45, 7) is 1.28. The van der Waals surface area contributed by atoms with Crippen LogP contribution < -0.4 is 15.8 Å². The van der Waals surface area contributed by atoms with Gasteiger partial charge in [-0.1, -0.05) is 0 Å². The number of alkyl halides is 5. The second kappa shape index (κ2) is 9.47. The van der Waals surface area contributed by atoms with E-state index in [1.165, 1.54) is 0 Å². The van der Waals surface area contributed by atoms with Gasteiger partial charge in [0.1, 0.15) is 6.61 Å². The highest BCUT2D eigenvalue weighted by Crippen LogP contribution is 2.36. The average molecular weight is 502 g/mol. The molecule has 190 valence electrons. The first kappa shape index (κ1) is 24.9. The summed E-state index contributed by atoms with van der Waals surface area (Å²) < 4.78 is 71.4. The van der Waals surface area contributed by atoms with Crippen molar-refractivity contribution >= 4 is 11.9 Å². The number of amides is 1. The van der Waals surface area contributed by atoms with Crippen molar-refractivity contribution in [3.8, 4) is 0 Å². The minimum absolute atomic E-state index is 0.158. The van der Waals surface area contributed by atoms with E-state index >= 15 is 0 Å². The fourth-order valence-corrected chi connectivity index (χ4v) is 4.35. The van der Waals surface area contributed by atoms with E-state index in [9.17, 15) is 31.5 Å². The zero-order valence-corrected chi connectivity index (χ0v) is 18.7. The number of nitrogens with zero attached hydrogens (tertiary/aromatic N) is 4. The third-order valence-electron chi connectivity index (χ3n) is 6.04. The molecule has 0 spiro atoms. The van der Waals surface area contributed by atoms with Gasteiger partial charge < -0.3 is 15.0 Å². The lowest BCUT2D eigenvalue weighted by atomic mass is 10.0. The van der Waals surface area contributed by atoms with E-state index in [0.717, 1.165) is 12.4 Å². The number of nitrogens with one attached hydrogen (secondary N) is 2. The van der Waals surface area contributed by atoms with Gasteiger partial charge in [-0.05, 0) is 31.2 Å². The zero-order valence-electron chi connectivity index (χ0n) is 18.7. The van der Waals surface area contributed by atoms with Crippen LogP contribution in [0.15, 0.2) is 17.2 Å². The maximum Gasteiger partial charge on any atom is 0.419 e. The first-order valence-corrected chi connectivity index (χ1v) is 11.0. The topological polar surface area (TPSA) is 113 Å². The predicted octanol–water partition coefficient (Wildman–Crippen LogP) is 2.48. The Bertz CT molecular complexity index is 1120. The Balaban J connectivity index is 1.27. The molecule has 1 saturated heterocycles. The van der Waals surface area contributed by atoms with Crippen molar-refractivity contribution < 1.29 is 31.5 Å². The second-order valence-corrected chi connectivity index (χ2v) is 8.61. The van der Waals surface area contributed by atoms with Gasteiger partial charge in [0.25, 0.3) is 11.5 Å². The number of halogens is 5. The van der Waals surface area contributed by atoms with Crippen LogP contribution in [0.1, 0.15) is 54.6 Å². The molecule has 0 unspecified atom stereocenters. The van der Waals surface area contributed by atoms with Gasteiger partial charge in [0.2, 0.25) is 11.9 Å². The Morgan fingerprint density at radius 1 is 1.17 bits per heavy atom. The van der Waals surface area contributed by atoms with E-state index in [4.69, 9.17) is 4.74 Å². The lowest BCUT2D eigenvalue weighted by molar-refractivity contribution is -0.138.